The zero-order valence-corrected chi connectivity index (χ0v) is 17.9. The molecular weight excluding hydrogens is 423 g/mol. The predicted octanol–water partition coefficient (Wildman–Crippen LogP) is 6.55. The molecule has 1 aromatic heterocycles. The minimum Gasteiger partial charge on any atom is -0.316 e. The number of nitrogens with zero attached hydrogens (tertiary/aromatic N) is 2. The third-order valence-corrected chi connectivity index (χ3v) is 7.61. The van der Waals surface area contributed by atoms with Gasteiger partial charge in [0.25, 0.3) is 0 Å². The highest BCUT2D eigenvalue weighted by Gasteiger charge is 2.34. The summed E-state index contributed by atoms with van der Waals surface area (Å²) in [4.78, 5) is 4.63. The Morgan fingerprint density at radius 2 is 1.96 bits per heavy atom. The SMILES string of the molecule is C=P(C)(C)/C(Cl)=C/c1cc(N=c2scc(C(F)(F)F)n2C)c(C)cc1Cl. The molecule has 0 unspecified atom stereocenters. The number of hydrogen-bond acceptors (Lipinski definition) is 2. The number of alkyl halides is 3. The topological polar surface area (TPSA) is 17.3 Å². The van der Waals surface area contributed by atoms with Crippen molar-refractivity contribution in [2.24, 2.45) is 12.0 Å². The standard InChI is InChI=1S/C17H18Cl2F3N2PS/c1-10-6-12(18)11(8-15(19)25(3,4)5)7-13(10)23-16-24(2)14(9-26-16)17(20,21)22/h6-9H,3H2,1-2,4-5H3/b15-8+,23-16?. The Kier molecular flexibility index (Phi) is 6.23. The summed E-state index contributed by atoms with van der Waals surface area (Å²) in [5.41, 5.74) is 1.22. The van der Waals surface area contributed by atoms with E-state index >= 15 is 0 Å². The highest BCUT2D eigenvalue weighted by molar-refractivity contribution is 7.78. The fourth-order valence-electron chi connectivity index (χ4n) is 2.04. The van der Waals surface area contributed by atoms with E-state index in [1.54, 1.807) is 25.1 Å². The van der Waals surface area contributed by atoms with Crippen LogP contribution in [0.2, 0.25) is 5.02 Å². The zero-order valence-electron chi connectivity index (χ0n) is 14.7. The van der Waals surface area contributed by atoms with E-state index in [0.717, 1.165) is 26.8 Å². The van der Waals surface area contributed by atoms with Crippen LogP contribution in [0, 0.1) is 6.92 Å². The van der Waals surface area contributed by atoms with Crippen molar-refractivity contribution in [1.82, 2.24) is 4.57 Å². The molecule has 0 saturated heterocycles. The van der Waals surface area contributed by atoms with Gasteiger partial charge in [0.05, 0.1) is 5.69 Å². The summed E-state index contributed by atoms with van der Waals surface area (Å²) >= 11 is 13.5. The molecule has 0 N–H and O–H groups in total. The Morgan fingerprint density at radius 3 is 2.46 bits per heavy atom. The smallest absolute Gasteiger partial charge is 0.316 e. The first-order valence-corrected chi connectivity index (χ1v) is 11.9. The van der Waals surface area contributed by atoms with Gasteiger partial charge in [0, 0.05) is 22.2 Å². The molecule has 2 aromatic rings. The molecule has 0 aliphatic heterocycles. The van der Waals surface area contributed by atoms with Crippen molar-refractivity contribution in [2.45, 2.75) is 13.1 Å². The average molecular weight is 441 g/mol. The molecule has 0 fully saturated rings. The Bertz CT molecular complexity index is 981. The van der Waals surface area contributed by atoms with E-state index in [1.807, 2.05) is 13.3 Å². The lowest BCUT2D eigenvalue weighted by atomic mass is 10.1. The molecule has 0 radical (unpaired) electrons. The number of rotatable bonds is 3. The zero-order chi connectivity index (χ0) is 19.9. The number of thiazole rings is 1. The maximum absolute atomic E-state index is 13.0. The average Bonchev–Trinajstić information content (AvgIpc) is 2.84. The van der Waals surface area contributed by atoms with Crippen LogP contribution in [-0.4, -0.2) is 24.2 Å². The minimum absolute atomic E-state index is 0.244. The van der Waals surface area contributed by atoms with Gasteiger partial charge in [-0.15, -0.1) is 11.3 Å². The van der Waals surface area contributed by atoms with E-state index in [1.165, 1.54) is 7.05 Å². The molecule has 142 valence electrons. The summed E-state index contributed by atoms with van der Waals surface area (Å²) in [6.45, 7) is 4.10. The Balaban J connectivity index is 2.61. The summed E-state index contributed by atoms with van der Waals surface area (Å²) in [5, 5.41) is 1.55. The van der Waals surface area contributed by atoms with Crippen molar-refractivity contribution in [1.29, 1.82) is 0 Å². The largest absolute Gasteiger partial charge is 0.432 e. The van der Waals surface area contributed by atoms with Crippen LogP contribution in [0.15, 0.2) is 27.3 Å². The maximum atomic E-state index is 13.0. The molecule has 0 atom stereocenters. The van der Waals surface area contributed by atoms with Gasteiger partial charge in [-0.25, -0.2) is 4.99 Å². The van der Waals surface area contributed by atoms with Crippen LogP contribution in [-0.2, 0) is 13.2 Å². The van der Waals surface area contributed by atoms with Crippen molar-refractivity contribution in [3.8, 4) is 0 Å². The van der Waals surface area contributed by atoms with Gasteiger partial charge in [-0.1, -0.05) is 36.4 Å². The lowest BCUT2D eigenvalue weighted by Gasteiger charge is -2.12. The van der Waals surface area contributed by atoms with Crippen molar-refractivity contribution >= 4 is 59.5 Å². The van der Waals surface area contributed by atoms with Gasteiger partial charge in [-0.3, -0.25) is 0 Å². The van der Waals surface area contributed by atoms with Gasteiger partial charge >= 0.3 is 6.18 Å². The summed E-state index contributed by atoms with van der Waals surface area (Å²) < 4.78 is 40.5. The highest BCUT2D eigenvalue weighted by atomic mass is 35.5. The molecule has 2 rings (SSSR count). The first-order chi connectivity index (χ1) is 11.8. The van der Waals surface area contributed by atoms with E-state index in [9.17, 15) is 13.2 Å². The molecule has 2 nitrogen and oxygen atoms in total. The third-order valence-electron chi connectivity index (χ3n) is 3.60. The predicted molar refractivity (Wildman–Crippen MR) is 109 cm³/mol. The quantitative estimate of drug-likeness (QED) is 0.481. The maximum Gasteiger partial charge on any atom is 0.432 e. The molecule has 0 aliphatic carbocycles. The van der Waals surface area contributed by atoms with Crippen molar-refractivity contribution in [3.05, 3.63) is 48.9 Å². The van der Waals surface area contributed by atoms with Crippen molar-refractivity contribution in [2.75, 3.05) is 13.3 Å². The van der Waals surface area contributed by atoms with Gasteiger partial charge in [0.1, 0.15) is 5.69 Å². The molecular formula is C17H18Cl2F3N2PS. The second-order valence-electron chi connectivity index (χ2n) is 6.38. The molecule has 0 bridgehead atoms. The number of aromatic nitrogens is 1. The second-order valence-corrected chi connectivity index (χ2v) is 12.2. The van der Waals surface area contributed by atoms with E-state index in [2.05, 4.69) is 11.3 Å². The van der Waals surface area contributed by atoms with Crippen LogP contribution in [0.4, 0.5) is 18.9 Å². The molecule has 0 aliphatic rings. The first kappa shape index (κ1) is 21.4. The summed E-state index contributed by atoms with van der Waals surface area (Å²) in [6, 6.07) is 3.45. The highest BCUT2D eigenvalue weighted by Crippen LogP contribution is 2.49. The van der Waals surface area contributed by atoms with Gasteiger partial charge in [0.2, 0.25) is 0 Å². The van der Waals surface area contributed by atoms with Gasteiger partial charge < -0.3 is 4.57 Å². The molecule has 1 heterocycles. The summed E-state index contributed by atoms with van der Waals surface area (Å²) in [5.74, 6) is 0. The van der Waals surface area contributed by atoms with E-state index in [4.69, 9.17) is 23.2 Å². The Hall–Kier alpha value is -0.940. The van der Waals surface area contributed by atoms with E-state index in [-0.39, 0.29) is 4.80 Å². The van der Waals surface area contributed by atoms with E-state index < -0.39 is 18.8 Å². The number of aryl methyl sites for hydroxylation is 1. The fraction of sp³-hybridized carbons (Fsp3) is 0.294. The molecule has 0 spiro atoms. The van der Waals surface area contributed by atoms with Crippen LogP contribution in [0.5, 0.6) is 0 Å². The van der Waals surface area contributed by atoms with Gasteiger partial charge in [-0.2, -0.15) is 13.2 Å². The van der Waals surface area contributed by atoms with Crippen molar-refractivity contribution in [3.63, 3.8) is 0 Å². The number of hydrogen-bond donors (Lipinski definition) is 0. The van der Waals surface area contributed by atoms with Gasteiger partial charge in [0.15, 0.2) is 4.80 Å². The molecule has 0 amide bonds. The summed E-state index contributed by atoms with van der Waals surface area (Å²) in [6.07, 6.45) is 1.41. The van der Waals surface area contributed by atoms with Crippen LogP contribution in [0.1, 0.15) is 16.8 Å². The van der Waals surface area contributed by atoms with Crippen LogP contribution >= 0.6 is 41.4 Å². The number of halogens is 5. The van der Waals surface area contributed by atoms with Crippen LogP contribution < -0.4 is 4.80 Å². The lowest BCUT2D eigenvalue weighted by Crippen LogP contribution is -2.18. The molecule has 1 aromatic carbocycles. The molecule has 9 heteroatoms. The van der Waals surface area contributed by atoms with Crippen molar-refractivity contribution < 1.29 is 13.2 Å². The third kappa shape index (κ3) is 4.86. The lowest BCUT2D eigenvalue weighted by molar-refractivity contribution is -0.143. The van der Waals surface area contributed by atoms with Crippen LogP contribution in [0.3, 0.4) is 0 Å². The number of benzene rings is 1. The molecule has 26 heavy (non-hydrogen) atoms. The molecule has 0 saturated carbocycles. The Labute approximate surface area is 164 Å². The Morgan fingerprint density at radius 1 is 1.35 bits per heavy atom. The first-order valence-electron chi connectivity index (χ1n) is 7.43. The normalized spacial score (nSPS) is 14.2. The summed E-state index contributed by atoms with van der Waals surface area (Å²) in [7, 11) is 1.34. The minimum atomic E-state index is -4.42. The van der Waals surface area contributed by atoms with E-state index in [0.29, 0.717) is 21.0 Å². The second kappa shape index (κ2) is 7.59. The fourth-order valence-corrected chi connectivity index (χ4v) is 3.84. The van der Waals surface area contributed by atoms with Crippen LogP contribution in [0.25, 0.3) is 6.08 Å². The monoisotopic (exact) mass is 440 g/mol. The van der Waals surface area contributed by atoms with Gasteiger partial charge in [-0.05, 0) is 49.6 Å².